The molecule has 15 heteroatoms. The van der Waals surface area contributed by atoms with E-state index in [1.165, 1.54) is 12.0 Å². The zero-order valence-corrected chi connectivity index (χ0v) is 42.5. The van der Waals surface area contributed by atoms with Crippen molar-refractivity contribution in [2.24, 2.45) is 35.3 Å². The van der Waals surface area contributed by atoms with Crippen molar-refractivity contribution < 1.29 is 53.4 Å². The zero-order valence-electron chi connectivity index (χ0n) is 41.7. The molecule has 15 atom stereocenters. The maximum atomic E-state index is 14.4. The number of nitrogens with two attached hydrogens (primary N) is 1. The summed E-state index contributed by atoms with van der Waals surface area (Å²) >= 11 is 1.56. The van der Waals surface area contributed by atoms with Crippen molar-refractivity contribution in [1.82, 2.24) is 4.90 Å². The summed E-state index contributed by atoms with van der Waals surface area (Å²) in [5.41, 5.74) is 9.09. The number of nitrogens with zero attached hydrogens (tertiary/aromatic N) is 1. The molecule has 2 saturated heterocycles. The zero-order chi connectivity index (χ0) is 49.7. The van der Waals surface area contributed by atoms with E-state index in [0.717, 1.165) is 17.7 Å². The lowest BCUT2D eigenvalue weighted by Crippen LogP contribution is -2.61. The minimum absolute atomic E-state index is 0.0444. The molecule has 1 amide bonds. The molecule has 4 aliphatic rings. The number of esters is 1. The molecule has 1 aromatic rings. The van der Waals surface area contributed by atoms with Crippen LogP contribution in [0.2, 0.25) is 0 Å². The third kappa shape index (κ3) is 14.8. The standard InChI is InChI=1S/C53H81N3O11S/c1-32-14-10-9-11-15-33(2)42(55-40-23-25-68-31-40)30-41-20-17-37(6)53(63,67-41)50(60)51(61)56-24-13-12-16-43(56)52(62)66-45(34(3)27-38-18-21-44(57)46(29-38)64-7)22-19-39(54)28-36(5)48(59)49(65-8)47(58)35(4)26-32/h9-11,14-15,23,25,28,31-32,34-35,37-39,41-46,48-49,55,57,59,63H,12-13,16-22,24,26-27,29-30,54H2,1-8H3/b11-9+,14-10+,33-15+,36-28+/t32-,34-,35?,37?,38?,39+,41+,42?,43?,44-,45+,46?,48?,49+,53?/m1/s1. The molecule has 1 saturated carbocycles. The summed E-state index contributed by atoms with van der Waals surface area (Å²) in [6.07, 6.45) is 14.1. The minimum atomic E-state index is -2.40. The van der Waals surface area contributed by atoms with E-state index in [0.29, 0.717) is 76.2 Å². The molecule has 1 aliphatic carbocycles. The monoisotopic (exact) mass is 968 g/mol. The number of methoxy groups -OCH3 is 2. The number of fused-ring (bicyclic) bond motifs is 3. The first-order valence-electron chi connectivity index (χ1n) is 25.0. The molecule has 0 spiro atoms. The number of ether oxygens (including phenoxy) is 4. The normalized spacial score (nSPS) is 39.1. The fourth-order valence-electron chi connectivity index (χ4n) is 10.6. The van der Waals surface area contributed by atoms with Gasteiger partial charge in [-0.25, -0.2) is 4.79 Å². The van der Waals surface area contributed by atoms with Crippen molar-refractivity contribution in [3.63, 3.8) is 0 Å². The maximum absolute atomic E-state index is 14.4. The number of carbonyl (C=O) groups is 4. The van der Waals surface area contributed by atoms with E-state index in [1.54, 1.807) is 38.4 Å². The molecular formula is C53H81N3O11S. The highest BCUT2D eigenvalue weighted by Gasteiger charge is 2.53. The van der Waals surface area contributed by atoms with Gasteiger partial charge in [0.15, 0.2) is 5.78 Å². The fraction of sp³-hybridized carbons (Fsp3) is 0.698. The van der Waals surface area contributed by atoms with Crippen LogP contribution in [0.5, 0.6) is 0 Å². The summed E-state index contributed by atoms with van der Waals surface area (Å²) < 4.78 is 23.9. The van der Waals surface area contributed by atoms with E-state index in [-0.39, 0.29) is 48.6 Å². The van der Waals surface area contributed by atoms with Crippen molar-refractivity contribution in [3.05, 3.63) is 64.4 Å². The fourth-order valence-corrected chi connectivity index (χ4v) is 11.2. The van der Waals surface area contributed by atoms with Gasteiger partial charge in [-0.2, -0.15) is 11.3 Å². The highest BCUT2D eigenvalue weighted by Crippen LogP contribution is 2.38. The van der Waals surface area contributed by atoms with Crippen LogP contribution < -0.4 is 11.1 Å². The Morgan fingerprint density at radius 3 is 2.40 bits per heavy atom. The van der Waals surface area contributed by atoms with E-state index in [4.69, 9.17) is 24.7 Å². The Labute approximate surface area is 408 Å². The predicted molar refractivity (Wildman–Crippen MR) is 264 cm³/mol. The molecule has 8 unspecified atom stereocenters. The second kappa shape index (κ2) is 26.1. The summed E-state index contributed by atoms with van der Waals surface area (Å²) in [6.45, 7) is 11.5. The van der Waals surface area contributed by atoms with Crippen LogP contribution in [-0.4, -0.2) is 125 Å². The first kappa shape index (κ1) is 55.4. The Balaban J connectivity index is 1.46. The number of aliphatic hydroxyl groups excluding tert-OH is 2. The lowest BCUT2D eigenvalue weighted by molar-refractivity contribution is -0.263. The van der Waals surface area contributed by atoms with Gasteiger partial charge >= 0.3 is 5.97 Å². The number of anilines is 1. The Bertz CT molecular complexity index is 1940. The van der Waals surface area contributed by atoms with Crippen LogP contribution in [-0.2, 0) is 38.1 Å². The van der Waals surface area contributed by atoms with E-state index in [9.17, 15) is 34.5 Å². The Morgan fingerprint density at radius 2 is 1.69 bits per heavy atom. The van der Waals surface area contributed by atoms with E-state index < -0.39 is 77.9 Å². The number of ketones is 2. The third-order valence-corrected chi connectivity index (χ3v) is 15.6. The van der Waals surface area contributed by atoms with Gasteiger partial charge in [-0.15, -0.1) is 0 Å². The summed E-state index contributed by atoms with van der Waals surface area (Å²) in [5, 5.41) is 41.7. The number of carbonyl (C=O) groups excluding carboxylic acids is 4. The van der Waals surface area contributed by atoms with Crippen LogP contribution in [0.4, 0.5) is 5.69 Å². The molecule has 4 heterocycles. The molecular weight excluding hydrogens is 887 g/mol. The number of nitrogens with one attached hydrogen (secondary N) is 1. The number of amides is 1. The molecule has 5 rings (SSSR count). The van der Waals surface area contributed by atoms with Gasteiger partial charge in [-0.05, 0) is 132 Å². The van der Waals surface area contributed by atoms with Crippen molar-refractivity contribution in [1.29, 1.82) is 0 Å². The predicted octanol–water partition coefficient (Wildman–Crippen LogP) is 7.22. The third-order valence-electron chi connectivity index (χ3n) is 15.0. The van der Waals surface area contributed by atoms with Gasteiger partial charge in [-0.3, -0.25) is 14.4 Å². The Kier molecular flexibility index (Phi) is 21.2. The number of hydrogen-bond donors (Lipinski definition) is 5. The summed E-state index contributed by atoms with van der Waals surface area (Å²) in [4.78, 5) is 58.2. The van der Waals surface area contributed by atoms with Crippen LogP contribution in [0.1, 0.15) is 125 Å². The number of piperidine rings is 1. The van der Waals surface area contributed by atoms with Gasteiger partial charge in [0.1, 0.15) is 24.4 Å². The van der Waals surface area contributed by atoms with E-state index >= 15 is 0 Å². The Hall–Kier alpha value is -3.54. The topological polar surface area (TPSA) is 207 Å². The average molecular weight is 968 g/mol. The largest absolute Gasteiger partial charge is 0.461 e. The number of Topliss-reactive ketones (excluding diaryl/α,β-unsaturated/α-hetero) is 2. The second-order valence-electron chi connectivity index (χ2n) is 20.4. The van der Waals surface area contributed by atoms with Crippen LogP contribution in [0, 0.1) is 29.6 Å². The van der Waals surface area contributed by atoms with Crippen LogP contribution in [0.15, 0.2) is 64.4 Å². The summed E-state index contributed by atoms with van der Waals surface area (Å²) in [7, 11) is 3.02. The first-order valence-corrected chi connectivity index (χ1v) is 26.0. The minimum Gasteiger partial charge on any atom is -0.461 e. The highest BCUT2D eigenvalue weighted by atomic mass is 32.1. The Morgan fingerprint density at radius 1 is 0.926 bits per heavy atom. The molecule has 380 valence electrons. The van der Waals surface area contributed by atoms with Crippen molar-refractivity contribution in [2.45, 2.75) is 186 Å². The molecule has 3 fully saturated rings. The quantitative estimate of drug-likeness (QED) is 0.104. The molecule has 1 aromatic heterocycles. The lowest BCUT2D eigenvalue weighted by Gasteiger charge is -2.43. The van der Waals surface area contributed by atoms with Crippen LogP contribution in [0.25, 0.3) is 0 Å². The first-order chi connectivity index (χ1) is 32.4. The number of cyclic esters (lactones) is 1. The van der Waals surface area contributed by atoms with Crippen molar-refractivity contribution >= 4 is 40.5 Å². The van der Waals surface area contributed by atoms with Gasteiger partial charge in [0, 0.05) is 55.8 Å². The highest BCUT2D eigenvalue weighted by molar-refractivity contribution is 7.08. The average Bonchev–Trinajstić information content (AvgIpc) is 3.84. The van der Waals surface area contributed by atoms with Crippen LogP contribution in [0.3, 0.4) is 0 Å². The van der Waals surface area contributed by atoms with Gasteiger partial charge in [0.2, 0.25) is 5.79 Å². The van der Waals surface area contributed by atoms with Crippen molar-refractivity contribution in [2.75, 3.05) is 26.1 Å². The SMILES string of the molecule is COC1CC(C[C@@H](C)[C@@H]2CC[C@H](N)/C=C(\C)C(O)[C@@H](OC)C(=O)C(C)C[C@H](C)/C=C/C=C/C=C(\C)C(Nc3ccsc3)C[C@@H]3CCC(C)C(O)(O3)C(=O)C(=O)N3CCCCC3C(=O)O2)CC[C@H]1O. The molecule has 2 bridgehead atoms. The van der Waals surface area contributed by atoms with Gasteiger partial charge in [-0.1, -0.05) is 69.7 Å². The smallest absolute Gasteiger partial charge is 0.329 e. The van der Waals surface area contributed by atoms with Crippen molar-refractivity contribution in [3.8, 4) is 0 Å². The van der Waals surface area contributed by atoms with Crippen LogP contribution >= 0.6 is 11.3 Å². The second-order valence-corrected chi connectivity index (χ2v) is 21.1. The molecule has 0 aromatic carbocycles. The number of thiophene rings is 1. The van der Waals surface area contributed by atoms with E-state index in [1.807, 2.05) is 74.9 Å². The van der Waals surface area contributed by atoms with Gasteiger partial charge < -0.3 is 50.2 Å². The lowest BCUT2D eigenvalue weighted by atomic mass is 9.78. The number of rotatable bonds is 7. The molecule has 3 aliphatic heterocycles. The molecule has 68 heavy (non-hydrogen) atoms. The number of allylic oxidation sites excluding steroid dienone is 5. The molecule has 0 radical (unpaired) electrons. The summed E-state index contributed by atoms with van der Waals surface area (Å²) in [6, 6.07) is 0.111. The van der Waals surface area contributed by atoms with Gasteiger partial charge in [0.25, 0.3) is 11.7 Å². The molecule has 14 nitrogen and oxygen atoms in total. The van der Waals surface area contributed by atoms with E-state index in [2.05, 4.69) is 5.32 Å². The number of hydrogen-bond acceptors (Lipinski definition) is 14. The number of aliphatic hydroxyl groups is 3. The molecule has 6 N–H and O–H groups in total. The van der Waals surface area contributed by atoms with Gasteiger partial charge in [0.05, 0.1) is 18.3 Å². The maximum Gasteiger partial charge on any atom is 0.329 e. The summed E-state index contributed by atoms with van der Waals surface area (Å²) in [5.74, 6) is -6.29.